The number of hydrogen-bond donors (Lipinski definition) is 2. The van der Waals surface area contributed by atoms with Gasteiger partial charge in [-0.2, -0.15) is 0 Å². The largest absolute Gasteiger partial charge is 0.478 e. The number of methoxy groups -OCH3 is 1. The Kier molecular flexibility index (Phi) is 6.23. The standard InChI is InChI=1S/C19H25NO5S/c1-5-19(2,3)11-6-7-12-13(10-11)26-17(16(12)18(24)25-4)20-14(21)8-9-15(22)23/h8-9,11H,5-7,10H2,1-4H3,(H,20,21)(H,22,23)/b9-8-/t11-/m1/s1. The molecule has 0 spiro atoms. The van der Waals surface area contributed by atoms with Crippen LogP contribution in [0.15, 0.2) is 12.2 Å². The molecule has 26 heavy (non-hydrogen) atoms. The van der Waals surface area contributed by atoms with E-state index in [9.17, 15) is 14.4 Å². The van der Waals surface area contributed by atoms with Crippen molar-refractivity contribution in [2.75, 3.05) is 12.4 Å². The van der Waals surface area contributed by atoms with Crippen LogP contribution in [-0.2, 0) is 27.2 Å². The summed E-state index contributed by atoms with van der Waals surface area (Å²) >= 11 is 1.38. The van der Waals surface area contributed by atoms with E-state index in [1.807, 2.05) is 0 Å². The predicted octanol–water partition coefficient (Wildman–Crippen LogP) is 3.66. The average molecular weight is 379 g/mol. The van der Waals surface area contributed by atoms with E-state index in [4.69, 9.17) is 9.84 Å². The van der Waals surface area contributed by atoms with Gasteiger partial charge in [-0.25, -0.2) is 9.59 Å². The molecule has 7 heteroatoms. The first-order valence-electron chi connectivity index (χ1n) is 8.64. The van der Waals surface area contributed by atoms with E-state index in [2.05, 4.69) is 26.1 Å². The number of anilines is 1. The van der Waals surface area contributed by atoms with Crippen molar-refractivity contribution in [3.8, 4) is 0 Å². The summed E-state index contributed by atoms with van der Waals surface area (Å²) in [6, 6.07) is 0. The Morgan fingerprint density at radius 1 is 1.35 bits per heavy atom. The maximum Gasteiger partial charge on any atom is 0.341 e. The highest BCUT2D eigenvalue weighted by atomic mass is 32.1. The zero-order valence-corrected chi connectivity index (χ0v) is 16.4. The number of thiophene rings is 1. The molecule has 0 radical (unpaired) electrons. The molecule has 1 heterocycles. The number of carbonyl (C=O) groups excluding carboxylic acids is 2. The molecule has 1 aromatic rings. The van der Waals surface area contributed by atoms with Crippen molar-refractivity contribution >= 4 is 34.2 Å². The van der Waals surface area contributed by atoms with Crippen LogP contribution in [0.25, 0.3) is 0 Å². The number of ether oxygens (including phenoxy) is 1. The van der Waals surface area contributed by atoms with E-state index < -0.39 is 17.8 Å². The average Bonchev–Trinajstić information content (AvgIpc) is 2.96. The fraction of sp³-hybridized carbons (Fsp3) is 0.526. The third-order valence-electron chi connectivity index (χ3n) is 5.29. The van der Waals surface area contributed by atoms with Gasteiger partial charge in [0.15, 0.2) is 0 Å². The van der Waals surface area contributed by atoms with Crippen LogP contribution in [0, 0.1) is 11.3 Å². The number of fused-ring (bicyclic) bond motifs is 1. The number of carboxylic acids is 1. The lowest BCUT2D eigenvalue weighted by atomic mass is 9.69. The molecule has 0 bridgehead atoms. The quantitative estimate of drug-likeness (QED) is 0.581. The van der Waals surface area contributed by atoms with Gasteiger partial charge in [0.2, 0.25) is 5.91 Å². The minimum atomic E-state index is -1.21. The molecule has 0 aliphatic heterocycles. The summed E-state index contributed by atoms with van der Waals surface area (Å²) in [5.74, 6) is -1.75. The third-order valence-corrected chi connectivity index (χ3v) is 6.45. The molecule has 0 saturated carbocycles. The van der Waals surface area contributed by atoms with Crippen LogP contribution in [0.1, 0.15) is 54.4 Å². The molecule has 0 unspecified atom stereocenters. The highest BCUT2D eigenvalue weighted by molar-refractivity contribution is 7.17. The van der Waals surface area contributed by atoms with Gasteiger partial charge < -0.3 is 15.2 Å². The summed E-state index contributed by atoms with van der Waals surface area (Å²) in [6.07, 6.45) is 5.40. The predicted molar refractivity (Wildman–Crippen MR) is 101 cm³/mol. The van der Waals surface area contributed by atoms with Crippen molar-refractivity contribution in [3.05, 3.63) is 28.2 Å². The van der Waals surface area contributed by atoms with E-state index in [-0.39, 0.29) is 5.41 Å². The maximum atomic E-state index is 12.3. The van der Waals surface area contributed by atoms with Gasteiger partial charge in [-0.1, -0.05) is 27.2 Å². The van der Waals surface area contributed by atoms with Gasteiger partial charge in [-0.3, -0.25) is 4.79 Å². The summed E-state index contributed by atoms with van der Waals surface area (Å²) in [6.45, 7) is 6.71. The molecule has 0 saturated heterocycles. The maximum absolute atomic E-state index is 12.3. The van der Waals surface area contributed by atoms with Crippen LogP contribution >= 0.6 is 11.3 Å². The van der Waals surface area contributed by atoms with Crippen molar-refractivity contribution in [1.29, 1.82) is 0 Å². The Labute approximate surface area is 157 Å². The molecule has 2 rings (SSSR count). The first kappa shape index (κ1) is 20.2. The smallest absolute Gasteiger partial charge is 0.341 e. The zero-order valence-electron chi connectivity index (χ0n) is 15.5. The van der Waals surface area contributed by atoms with Gasteiger partial charge in [0.1, 0.15) is 5.00 Å². The second kappa shape index (κ2) is 8.03. The lowest BCUT2D eigenvalue weighted by molar-refractivity contribution is -0.131. The fourth-order valence-corrected chi connectivity index (χ4v) is 4.57. The van der Waals surface area contributed by atoms with Crippen molar-refractivity contribution in [2.45, 2.75) is 46.5 Å². The fourth-order valence-electron chi connectivity index (χ4n) is 3.25. The SMILES string of the molecule is CCC(C)(C)[C@@H]1CCc2c(sc(NC(=O)/C=C\C(=O)O)c2C(=O)OC)C1. The van der Waals surface area contributed by atoms with Crippen molar-refractivity contribution < 1.29 is 24.2 Å². The molecule has 6 nitrogen and oxygen atoms in total. The number of aliphatic carboxylic acids is 1. The van der Waals surface area contributed by atoms with Gasteiger partial charge in [-0.05, 0) is 36.2 Å². The lowest BCUT2D eigenvalue weighted by Gasteiger charge is -2.36. The zero-order chi connectivity index (χ0) is 19.5. The number of rotatable bonds is 6. The number of esters is 1. The van der Waals surface area contributed by atoms with Crippen LogP contribution < -0.4 is 5.32 Å². The monoisotopic (exact) mass is 379 g/mol. The summed E-state index contributed by atoms with van der Waals surface area (Å²) in [5, 5.41) is 11.7. The van der Waals surface area contributed by atoms with E-state index in [0.29, 0.717) is 16.5 Å². The minimum absolute atomic E-state index is 0.209. The van der Waals surface area contributed by atoms with Crippen molar-refractivity contribution in [2.24, 2.45) is 11.3 Å². The van der Waals surface area contributed by atoms with E-state index >= 15 is 0 Å². The van der Waals surface area contributed by atoms with Gasteiger partial charge in [-0.15, -0.1) is 11.3 Å². The van der Waals surface area contributed by atoms with E-state index in [1.165, 1.54) is 18.4 Å². The second-order valence-electron chi connectivity index (χ2n) is 7.14. The van der Waals surface area contributed by atoms with Gasteiger partial charge in [0.25, 0.3) is 0 Å². The molecule has 1 aromatic heterocycles. The number of hydrogen-bond acceptors (Lipinski definition) is 5. The number of nitrogens with one attached hydrogen (secondary N) is 1. The number of carboxylic acid groups (broad SMARTS) is 1. The van der Waals surface area contributed by atoms with E-state index in [0.717, 1.165) is 48.3 Å². The molecule has 1 aliphatic rings. The molecule has 142 valence electrons. The summed E-state index contributed by atoms with van der Waals surface area (Å²) in [4.78, 5) is 35.9. The van der Waals surface area contributed by atoms with Crippen molar-refractivity contribution in [3.63, 3.8) is 0 Å². The lowest BCUT2D eigenvalue weighted by Crippen LogP contribution is -2.28. The van der Waals surface area contributed by atoms with Gasteiger partial charge in [0.05, 0.1) is 12.7 Å². The molecule has 1 amide bonds. The van der Waals surface area contributed by atoms with E-state index in [1.54, 1.807) is 0 Å². The Balaban J connectivity index is 2.34. The van der Waals surface area contributed by atoms with Gasteiger partial charge in [0, 0.05) is 17.0 Å². The molecule has 0 aromatic carbocycles. The first-order valence-corrected chi connectivity index (χ1v) is 9.46. The summed E-state index contributed by atoms with van der Waals surface area (Å²) in [5.41, 5.74) is 1.56. The van der Waals surface area contributed by atoms with Crippen LogP contribution in [0.4, 0.5) is 5.00 Å². The van der Waals surface area contributed by atoms with Crippen LogP contribution in [0.3, 0.4) is 0 Å². The number of carbonyl (C=O) groups is 3. The summed E-state index contributed by atoms with van der Waals surface area (Å²) < 4.78 is 4.90. The molecule has 1 aliphatic carbocycles. The Morgan fingerprint density at radius 2 is 2.04 bits per heavy atom. The Hall–Kier alpha value is -2.15. The molecular weight excluding hydrogens is 354 g/mol. The molecule has 1 atom stereocenters. The number of amides is 1. The molecule has 2 N–H and O–H groups in total. The highest BCUT2D eigenvalue weighted by Crippen LogP contribution is 2.45. The highest BCUT2D eigenvalue weighted by Gasteiger charge is 2.35. The van der Waals surface area contributed by atoms with Gasteiger partial charge >= 0.3 is 11.9 Å². The normalized spacial score (nSPS) is 17.0. The van der Waals surface area contributed by atoms with Crippen LogP contribution in [0.5, 0.6) is 0 Å². The molecular formula is C19H25NO5S. The second-order valence-corrected chi connectivity index (χ2v) is 8.25. The Morgan fingerprint density at radius 3 is 2.62 bits per heavy atom. The third kappa shape index (κ3) is 4.33. The molecule has 0 fully saturated rings. The summed E-state index contributed by atoms with van der Waals surface area (Å²) in [7, 11) is 1.31. The van der Waals surface area contributed by atoms with Crippen molar-refractivity contribution in [1.82, 2.24) is 0 Å². The van der Waals surface area contributed by atoms with Crippen LogP contribution in [-0.4, -0.2) is 30.1 Å². The Bertz CT molecular complexity index is 747. The first-order chi connectivity index (χ1) is 12.2. The topological polar surface area (TPSA) is 92.7 Å². The van der Waals surface area contributed by atoms with Crippen LogP contribution in [0.2, 0.25) is 0 Å². The minimum Gasteiger partial charge on any atom is -0.478 e.